The molecule has 0 aromatic carbocycles. The van der Waals surface area contributed by atoms with Crippen LogP contribution in [0.25, 0.3) is 0 Å². The van der Waals surface area contributed by atoms with Crippen LogP contribution in [0.4, 0.5) is 5.95 Å². The van der Waals surface area contributed by atoms with E-state index >= 15 is 0 Å². The zero-order chi connectivity index (χ0) is 15.2. The average Bonchev–Trinajstić information content (AvgIpc) is 2.92. The highest BCUT2D eigenvalue weighted by Gasteiger charge is 2.11. The summed E-state index contributed by atoms with van der Waals surface area (Å²) in [6, 6.07) is 3.34. The lowest BCUT2D eigenvalue weighted by molar-refractivity contribution is 0.0957. The number of nitrogens with zero attached hydrogens (tertiary/aromatic N) is 3. The molecule has 8 nitrogen and oxygen atoms in total. The van der Waals surface area contributed by atoms with E-state index in [0.29, 0.717) is 17.5 Å². The molecule has 2 rings (SSSR count). The number of carbonyl (C=O) groups excluding carboxylic acids is 1. The summed E-state index contributed by atoms with van der Waals surface area (Å²) in [5, 5.41) is 6.82. The maximum atomic E-state index is 11.9. The van der Waals surface area contributed by atoms with Gasteiger partial charge in [-0.1, -0.05) is 13.8 Å². The van der Waals surface area contributed by atoms with Crippen LogP contribution in [-0.2, 0) is 6.42 Å². The van der Waals surface area contributed by atoms with E-state index in [1.807, 2.05) is 0 Å². The minimum atomic E-state index is -0.368. The second kappa shape index (κ2) is 6.69. The Bertz CT molecular complexity index is 610. The Morgan fingerprint density at radius 2 is 2.29 bits per heavy atom. The van der Waals surface area contributed by atoms with Crippen LogP contribution in [0.1, 0.15) is 30.0 Å². The van der Waals surface area contributed by atoms with Crippen molar-refractivity contribution in [3.63, 3.8) is 0 Å². The number of hydrazine groups is 1. The first-order valence-corrected chi connectivity index (χ1v) is 6.56. The Hall–Kier alpha value is -2.64. The van der Waals surface area contributed by atoms with Gasteiger partial charge >= 0.3 is 0 Å². The summed E-state index contributed by atoms with van der Waals surface area (Å²) in [5.74, 6) is 0.763. The molecule has 8 heteroatoms. The van der Waals surface area contributed by atoms with E-state index in [9.17, 15) is 4.79 Å². The number of H-pyrrole nitrogens is 1. The SMILES string of the molecule is COc1ccnc(NNC(=O)c2cc(CC(C)C)[nH]n2)n1. The predicted octanol–water partition coefficient (Wildman–Crippen LogP) is 1.16. The zero-order valence-corrected chi connectivity index (χ0v) is 12.2. The van der Waals surface area contributed by atoms with Crippen LogP contribution in [0.15, 0.2) is 18.3 Å². The third kappa shape index (κ3) is 4.16. The van der Waals surface area contributed by atoms with Crippen molar-refractivity contribution in [3.8, 4) is 5.88 Å². The molecule has 0 fully saturated rings. The monoisotopic (exact) mass is 290 g/mol. The number of nitrogens with one attached hydrogen (secondary N) is 3. The molecule has 1 amide bonds. The molecule has 2 aromatic rings. The van der Waals surface area contributed by atoms with E-state index in [1.54, 1.807) is 12.1 Å². The van der Waals surface area contributed by atoms with Crippen molar-refractivity contribution in [2.75, 3.05) is 12.5 Å². The maximum absolute atomic E-state index is 11.9. The minimum absolute atomic E-state index is 0.237. The number of rotatable bonds is 6. The highest BCUT2D eigenvalue weighted by molar-refractivity contribution is 5.92. The number of carbonyl (C=O) groups is 1. The maximum Gasteiger partial charge on any atom is 0.290 e. The molecule has 112 valence electrons. The second-order valence-corrected chi connectivity index (χ2v) is 4.88. The van der Waals surface area contributed by atoms with Crippen molar-refractivity contribution in [1.82, 2.24) is 25.6 Å². The summed E-state index contributed by atoms with van der Waals surface area (Å²) in [6.07, 6.45) is 2.36. The van der Waals surface area contributed by atoms with Gasteiger partial charge in [-0.3, -0.25) is 20.7 Å². The van der Waals surface area contributed by atoms with Gasteiger partial charge in [-0.15, -0.1) is 0 Å². The molecule has 0 unspecified atom stereocenters. The smallest absolute Gasteiger partial charge is 0.290 e. The van der Waals surface area contributed by atoms with Crippen LogP contribution in [0.2, 0.25) is 0 Å². The average molecular weight is 290 g/mol. The molecule has 3 N–H and O–H groups in total. The third-order valence-corrected chi connectivity index (χ3v) is 2.62. The fourth-order valence-corrected chi connectivity index (χ4v) is 1.72. The lowest BCUT2D eigenvalue weighted by atomic mass is 10.1. The number of anilines is 1. The Morgan fingerprint density at radius 3 is 3.00 bits per heavy atom. The van der Waals surface area contributed by atoms with E-state index in [-0.39, 0.29) is 11.9 Å². The Kier molecular flexibility index (Phi) is 4.70. The van der Waals surface area contributed by atoms with Gasteiger partial charge in [0.25, 0.3) is 5.91 Å². The summed E-state index contributed by atoms with van der Waals surface area (Å²) >= 11 is 0. The van der Waals surface area contributed by atoms with Crippen molar-refractivity contribution in [3.05, 3.63) is 29.7 Å². The van der Waals surface area contributed by atoms with Crippen LogP contribution in [-0.4, -0.2) is 33.2 Å². The highest BCUT2D eigenvalue weighted by atomic mass is 16.5. The van der Waals surface area contributed by atoms with Crippen LogP contribution in [0, 0.1) is 5.92 Å². The Labute approximate surface area is 122 Å². The first-order valence-electron chi connectivity index (χ1n) is 6.56. The van der Waals surface area contributed by atoms with Crippen LogP contribution in [0.3, 0.4) is 0 Å². The number of hydrogen-bond acceptors (Lipinski definition) is 6. The van der Waals surface area contributed by atoms with Gasteiger partial charge in [0.15, 0.2) is 5.69 Å². The summed E-state index contributed by atoms with van der Waals surface area (Å²) in [5.41, 5.74) is 6.32. The lowest BCUT2D eigenvalue weighted by Crippen LogP contribution is -2.30. The second-order valence-electron chi connectivity index (χ2n) is 4.88. The number of methoxy groups -OCH3 is 1. The third-order valence-electron chi connectivity index (χ3n) is 2.62. The molecule has 0 aliphatic carbocycles. The molecule has 0 saturated heterocycles. The van der Waals surface area contributed by atoms with Gasteiger partial charge in [0.1, 0.15) is 0 Å². The van der Waals surface area contributed by atoms with Crippen LogP contribution >= 0.6 is 0 Å². The number of aromatic amines is 1. The van der Waals surface area contributed by atoms with E-state index in [0.717, 1.165) is 12.1 Å². The number of hydrogen-bond donors (Lipinski definition) is 3. The topological polar surface area (TPSA) is 105 Å². The first-order chi connectivity index (χ1) is 10.1. The quantitative estimate of drug-likeness (QED) is 0.690. The molecule has 2 heterocycles. The molecule has 0 aliphatic heterocycles. The molecular weight excluding hydrogens is 272 g/mol. The minimum Gasteiger partial charge on any atom is -0.481 e. The van der Waals surface area contributed by atoms with Gasteiger partial charge < -0.3 is 4.74 Å². The molecule has 0 aliphatic rings. The van der Waals surface area contributed by atoms with Crippen molar-refractivity contribution < 1.29 is 9.53 Å². The number of aromatic nitrogens is 4. The Morgan fingerprint density at radius 1 is 1.48 bits per heavy atom. The zero-order valence-electron chi connectivity index (χ0n) is 12.2. The van der Waals surface area contributed by atoms with Gasteiger partial charge in [-0.2, -0.15) is 10.1 Å². The molecule has 0 spiro atoms. The molecule has 21 heavy (non-hydrogen) atoms. The predicted molar refractivity (Wildman–Crippen MR) is 76.8 cm³/mol. The van der Waals surface area contributed by atoms with E-state index in [4.69, 9.17) is 4.74 Å². The fraction of sp³-hybridized carbons (Fsp3) is 0.385. The van der Waals surface area contributed by atoms with Crippen molar-refractivity contribution in [2.45, 2.75) is 20.3 Å². The van der Waals surface area contributed by atoms with Crippen molar-refractivity contribution in [1.29, 1.82) is 0 Å². The lowest BCUT2D eigenvalue weighted by Gasteiger charge is -2.06. The number of amides is 1. The van der Waals surface area contributed by atoms with Gasteiger partial charge in [0.2, 0.25) is 11.8 Å². The normalized spacial score (nSPS) is 10.5. The van der Waals surface area contributed by atoms with Crippen molar-refractivity contribution in [2.24, 2.45) is 5.92 Å². The standard InChI is InChI=1S/C13H18N6O2/c1-8(2)6-9-7-10(17-16-9)12(20)18-19-13-14-5-4-11(15-13)21-3/h4-5,7-8H,6H2,1-3H3,(H,16,17)(H,18,20)(H,14,15,19). The molecule has 0 radical (unpaired) electrons. The highest BCUT2D eigenvalue weighted by Crippen LogP contribution is 2.08. The van der Waals surface area contributed by atoms with E-state index < -0.39 is 0 Å². The summed E-state index contributed by atoms with van der Waals surface area (Å²) < 4.78 is 4.97. The molecular formula is C13H18N6O2. The van der Waals surface area contributed by atoms with Crippen LogP contribution in [0.5, 0.6) is 5.88 Å². The van der Waals surface area contributed by atoms with E-state index in [1.165, 1.54) is 13.3 Å². The molecule has 0 bridgehead atoms. The first kappa shape index (κ1) is 14.8. The van der Waals surface area contributed by atoms with Gasteiger partial charge in [-0.25, -0.2) is 4.98 Å². The van der Waals surface area contributed by atoms with Gasteiger partial charge in [-0.05, 0) is 18.4 Å². The summed E-state index contributed by atoms with van der Waals surface area (Å²) in [4.78, 5) is 19.9. The van der Waals surface area contributed by atoms with Crippen molar-refractivity contribution >= 4 is 11.9 Å². The number of ether oxygens (including phenoxy) is 1. The fourth-order valence-electron chi connectivity index (χ4n) is 1.72. The molecule has 0 saturated carbocycles. The van der Waals surface area contributed by atoms with Crippen LogP contribution < -0.4 is 15.6 Å². The van der Waals surface area contributed by atoms with Gasteiger partial charge in [0, 0.05) is 18.0 Å². The molecule has 0 atom stereocenters. The Balaban J connectivity index is 1.93. The van der Waals surface area contributed by atoms with Gasteiger partial charge in [0.05, 0.1) is 7.11 Å². The summed E-state index contributed by atoms with van der Waals surface area (Å²) in [6.45, 7) is 4.20. The summed E-state index contributed by atoms with van der Waals surface area (Å²) in [7, 11) is 1.50. The van der Waals surface area contributed by atoms with E-state index in [2.05, 4.69) is 44.9 Å². The largest absolute Gasteiger partial charge is 0.481 e. The molecule has 2 aromatic heterocycles.